The molecule has 4 amide bonds. The van der Waals surface area contributed by atoms with Crippen LogP contribution in [0.3, 0.4) is 0 Å². The van der Waals surface area contributed by atoms with Crippen LogP contribution in [0, 0.1) is 5.92 Å². The summed E-state index contributed by atoms with van der Waals surface area (Å²) < 4.78 is 0. The number of hydrogen-bond acceptors (Lipinski definition) is 4. The lowest BCUT2D eigenvalue weighted by Crippen LogP contribution is -2.50. The van der Waals surface area contributed by atoms with Crippen molar-refractivity contribution >= 4 is 29.6 Å². The van der Waals surface area contributed by atoms with Crippen molar-refractivity contribution in [1.82, 2.24) is 15.5 Å². The van der Waals surface area contributed by atoms with Gasteiger partial charge in [0.15, 0.2) is 0 Å². The normalized spacial score (nSPS) is 35.1. The molecule has 3 saturated heterocycles. The number of imide groups is 1. The maximum Gasteiger partial charge on any atom is 0.322 e. The molecule has 0 bridgehead atoms. The number of carbonyl (C=O) groups is 3. The van der Waals surface area contributed by atoms with Crippen molar-refractivity contribution in [3.8, 4) is 0 Å². The number of likely N-dealkylation sites (tertiary alicyclic amines) is 1. The van der Waals surface area contributed by atoms with E-state index in [2.05, 4.69) is 10.6 Å². The Hall–Kier alpha value is -1.24. The first-order valence-electron chi connectivity index (χ1n) is 6.11. The topological polar surface area (TPSA) is 78.5 Å². The van der Waals surface area contributed by atoms with Gasteiger partial charge in [-0.3, -0.25) is 14.9 Å². The molecule has 2 N–H and O–H groups in total. The van der Waals surface area contributed by atoms with Gasteiger partial charge in [0.25, 0.3) is 5.91 Å². The minimum Gasteiger partial charge on any atom is -0.339 e. The number of urea groups is 1. The number of rotatable bonds is 1. The average molecular weight is 269 g/mol. The zero-order chi connectivity index (χ0) is 12.8. The Morgan fingerprint density at radius 1 is 1.44 bits per heavy atom. The van der Waals surface area contributed by atoms with Crippen molar-refractivity contribution in [2.75, 3.05) is 24.6 Å². The van der Waals surface area contributed by atoms with Gasteiger partial charge in [0.2, 0.25) is 5.91 Å². The van der Waals surface area contributed by atoms with Gasteiger partial charge in [0.05, 0.1) is 6.54 Å². The van der Waals surface area contributed by atoms with Crippen LogP contribution in [-0.2, 0) is 9.59 Å². The maximum absolute atomic E-state index is 12.2. The monoisotopic (exact) mass is 269 g/mol. The molecule has 3 fully saturated rings. The van der Waals surface area contributed by atoms with E-state index in [4.69, 9.17) is 0 Å². The van der Waals surface area contributed by atoms with Crippen molar-refractivity contribution in [1.29, 1.82) is 0 Å². The molecule has 0 aliphatic carbocycles. The third-order valence-electron chi connectivity index (χ3n) is 3.87. The average Bonchev–Trinajstić information content (AvgIpc) is 3.01. The minimum absolute atomic E-state index is 0.0883. The largest absolute Gasteiger partial charge is 0.339 e. The molecule has 2 unspecified atom stereocenters. The third-order valence-corrected chi connectivity index (χ3v) is 5.04. The van der Waals surface area contributed by atoms with E-state index in [0.717, 1.165) is 17.9 Å². The lowest BCUT2D eigenvalue weighted by atomic mass is 9.99. The standard InChI is InChI=1S/C11H15N3O3S/c15-8(7-1-4-18-5-7)14-3-2-11(6-14)9(16)12-10(17)13-11/h7H,1-6H2,(H2,12,13,16,17). The van der Waals surface area contributed by atoms with Crippen LogP contribution in [0.2, 0.25) is 0 Å². The highest BCUT2D eigenvalue weighted by atomic mass is 32.2. The minimum atomic E-state index is -0.876. The number of carbonyl (C=O) groups excluding carboxylic acids is 3. The molecule has 3 aliphatic heterocycles. The lowest BCUT2D eigenvalue weighted by molar-refractivity contribution is -0.134. The Kier molecular flexibility index (Phi) is 2.73. The number of hydrogen-bond donors (Lipinski definition) is 2. The molecule has 3 rings (SSSR count). The van der Waals surface area contributed by atoms with Crippen LogP contribution >= 0.6 is 11.8 Å². The molecule has 2 atom stereocenters. The van der Waals surface area contributed by atoms with Gasteiger partial charge >= 0.3 is 6.03 Å². The van der Waals surface area contributed by atoms with Crippen LogP contribution in [0.5, 0.6) is 0 Å². The van der Waals surface area contributed by atoms with E-state index < -0.39 is 11.6 Å². The van der Waals surface area contributed by atoms with Gasteiger partial charge in [0.1, 0.15) is 5.54 Å². The van der Waals surface area contributed by atoms with E-state index in [1.807, 2.05) is 0 Å². The van der Waals surface area contributed by atoms with Gasteiger partial charge < -0.3 is 10.2 Å². The number of thioether (sulfide) groups is 1. The summed E-state index contributed by atoms with van der Waals surface area (Å²) in [6, 6.07) is -0.453. The fourth-order valence-electron chi connectivity index (χ4n) is 2.80. The summed E-state index contributed by atoms with van der Waals surface area (Å²) in [5, 5.41) is 4.90. The molecule has 0 aromatic heterocycles. The van der Waals surface area contributed by atoms with Gasteiger partial charge in [-0.1, -0.05) is 0 Å². The van der Waals surface area contributed by atoms with E-state index >= 15 is 0 Å². The molecule has 0 radical (unpaired) electrons. The second-order valence-electron chi connectivity index (χ2n) is 5.06. The van der Waals surface area contributed by atoms with Gasteiger partial charge in [0, 0.05) is 18.2 Å². The zero-order valence-electron chi connectivity index (χ0n) is 9.90. The SMILES string of the molecule is O=C1NC(=O)C2(CCN(C(=O)C3CCSC3)C2)N1. The fraction of sp³-hybridized carbons (Fsp3) is 0.727. The van der Waals surface area contributed by atoms with Crippen molar-refractivity contribution in [3.05, 3.63) is 0 Å². The maximum atomic E-state index is 12.2. The Labute approximate surface area is 109 Å². The summed E-state index contributed by atoms with van der Waals surface area (Å²) in [5.74, 6) is 1.83. The summed E-state index contributed by atoms with van der Waals surface area (Å²) in [7, 11) is 0. The van der Waals surface area contributed by atoms with E-state index in [-0.39, 0.29) is 17.7 Å². The van der Waals surface area contributed by atoms with Crippen LogP contribution in [0.15, 0.2) is 0 Å². The van der Waals surface area contributed by atoms with E-state index in [9.17, 15) is 14.4 Å². The van der Waals surface area contributed by atoms with Crippen molar-refractivity contribution < 1.29 is 14.4 Å². The molecular weight excluding hydrogens is 254 g/mol. The molecule has 1 spiro atoms. The molecule has 3 aliphatic rings. The number of amides is 4. The summed E-state index contributed by atoms with van der Waals surface area (Å²) in [6.07, 6.45) is 1.43. The van der Waals surface area contributed by atoms with Crippen molar-refractivity contribution in [2.24, 2.45) is 5.92 Å². The van der Waals surface area contributed by atoms with Gasteiger partial charge in [-0.15, -0.1) is 0 Å². The van der Waals surface area contributed by atoms with Crippen LogP contribution in [-0.4, -0.2) is 52.9 Å². The first-order chi connectivity index (χ1) is 8.61. The molecule has 0 aromatic rings. The van der Waals surface area contributed by atoms with Gasteiger partial charge in [-0.05, 0) is 18.6 Å². The molecule has 7 heteroatoms. The van der Waals surface area contributed by atoms with E-state index in [1.54, 1.807) is 16.7 Å². The number of nitrogens with one attached hydrogen (secondary N) is 2. The second kappa shape index (κ2) is 4.15. The Morgan fingerprint density at radius 2 is 2.28 bits per heavy atom. The second-order valence-corrected chi connectivity index (χ2v) is 6.21. The van der Waals surface area contributed by atoms with Crippen LogP contribution in [0.4, 0.5) is 4.79 Å². The van der Waals surface area contributed by atoms with Crippen LogP contribution in [0.25, 0.3) is 0 Å². The van der Waals surface area contributed by atoms with Crippen LogP contribution in [0.1, 0.15) is 12.8 Å². The highest BCUT2D eigenvalue weighted by molar-refractivity contribution is 7.99. The smallest absolute Gasteiger partial charge is 0.322 e. The quantitative estimate of drug-likeness (QED) is 0.632. The Balaban J connectivity index is 1.69. The van der Waals surface area contributed by atoms with Crippen molar-refractivity contribution in [2.45, 2.75) is 18.4 Å². The lowest BCUT2D eigenvalue weighted by Gasteiger charge is -2.23. The summed E-state index contributed by atoms with van der Waals surface area (Å²) in [4.78, 5) is 36.9. The zero-order valence-corrected chi connectivity index (χ0v) is 10.7. The Bertz CT molecular complexity index is 422. The summed E-state index contributed by atoms with van der Waals surface area (Å²) >= 11 is 1.80. The summed E-state index contributed by atoms with van der Waals surface area (Å²) in [5.41, 5.74) is -0.876. The van der Waals surface area contributed by atoms with Crippen LogP contribution < -0.4 is 10.6 Å². The summed E-state index contributed by atoms with van der Waals surface area (Å²) in [6.45, 7) is 0.859. The predicted octanol–water partition coefficient (Wildman–Crippen LogP) is -0.450. The predicted molar refractivity (Wildman–Crippen MR) is 66.0 cm³/mol. The third kappa shape index (κ3) is 1.77. The van der Waals surface area contributed by atoms with Gasteiger partial charge in [-0.25, -0.2) is 4.79 Å². The fourth-order valence-corrected chi connectivity index (χ4v) is 4.01. The highest BCUT2D eigenvalue weighted by Crippen LogP contribution is 2.30. The first kappa shape index (κ1) is 11.8. The molecule has 98 valence electrons. The molecule has 3 heterocycles. The molecular formula is C11H15N3O3S. The van der Waals surface area contributed by atoms with E-state index in [1.165, 1.54) is 0 Å². The van der Waals surface area contributed by atoms with E-state index in [0.29, 0.717) is 19.5 Å². The van der Waals surface area contributed by atoms with Crippen molar-refractivity contribution in [3.63, 3.8) is 0 Å². The Morgan fingerprint density at radius 3 is 2.89 bits per heavy atom. The van der Waals surface area contributed by atoms with Gasteiger partial charge in [-0.2, -0.15) is 11.8 Å². The number of nitrogens with zero attached hydrogens (tertiary/aromatic N) is 1. The first-order valence-corrected chi connectivity index (χ1v) is 7.26. The highest BCUT2D eigenvalue weighted by Gasteiger charge is 2.52. The molecule has 6 nitrogen and oxygen atoms in total. The molecule has 18 heavy (non-hydrogen) atoms. The molecule has 0 saturated carbocycles. The molecule has 0 aromatic carbocycles.